The molecule has 1 atom stereocenters. The summed E-state index contributed by atoms with van der Waals surface area (Å²) in [7, 11) is 0. The Bertz CT molecular complexity index is 266. The van der Waals surface area contributed by atoms with Crippen molar-refractivity contribution in [2.45, 2.75) is 47.0 Å². The fourth-order valence-electron chi connectivity index (χ4n) is 2.49. The molecular weight excluding hydrogens is 186 g/mol. The van der Waals surface area contributed by atoms with Crippen LogP contribution in [0.5, 0.6) is 0 Å². The van der Waals surface area contributed by atoms with Crippen molar-refractivity contribution >= 4 is 5.91 Å². The average Bonchev–Trinajstić information content (AvgIpc) is 2.19. The van der Waals surface area contributed by atoms with Crippen LogP contribution in [0.2, 0.25) is 0 Å². The Morgan fingerprint density at radius 2 is 2.07 bits per heavy atom. The summed E-state index contributed by atoms with van der Waals surface area (Å²) in [5.41, 5.74) is 1.22. The van der Waals surface area contributed by atoms with Crippen molar-refractivity contribution in [3.63, 3.8) is 0 Å². The summed E-state index contributed by atoms with van der Waals surface area (Å²) in [6, 6.07) is 0. The second-order valence-electron chi connectivity index (χ2n) is 4.80. The monoisotopic (exact) mass is 209 g/mol. The Morgan fingerprint density at radius 1 is 1.47 bits per heavy atom. The van der Waals surface area contributed by atoms with Crippen LogP contribution in [0.3, 0.4) is 0 Å². The van der Waals surface area contributed by atoms with E-state index in [0.29, 0.717) is 5.91 Å². The van der Waals surface area contributed by atoms with Crippen LogP contribution in [0.15, 0.2) is 11.6 Å². The Labute approximate surface area is 93.3 Å². The van der Waals surface area contributed by atoms with Gasteiger partial charge < -0.3 is 4.90 Å². The molecule has 1 amide bonds. The summed E-state index contributed by atoms with van der Waals surface area (Å²) in [4.78, 5) is 14.3. The molecule has 1 aliphatic rings. The van der Waals surface area contributed by atoms with Crippen LogP contribution < -0.4 is 0 Å². The largest absolute Gasteiger partial charge is 0.343 e. The lowest BCUT2D eigenvalue weighted by molar-refractivity contribution is -0.141. The van der Waals surface area contributed by atoms with E-state index < -0.39 is 0 Å². The predicted octanol–water partition coefficient (Wildman–Crippen LogP) is 2.99. The summed E-state index contributed by atoms with van der Waals surface area (Å²) < 4.78 is 0. The third-order valence-electron chi connectivity index (χ3n) is 3.42. The molecule has 15 heavy (non-hydrogen) atoms. The van der Waals surface area contributed by atoms with Crippen LogP contribution in [0.25, 0.3) is 0 Å². The highest BCUT2D eigenvalue weighted by atomic mass is 16.2. The Kier molecular flexibility index (Phi) is 3.95. The van der Waals surface area contributed by atoms with E-state index in [0.717, 1.165) is 32.4 Å². The second kappa shape index (κ2) is 4.82. The topological polar surface area (TPSA) is 20.3 Å². The fourth-order valence-corrected chi connectivity index (χ4v) is 2.49. The van der Waals surface area contributed by atoms with Crippen LogP contribution in [-0.4, -0.2) is 23.9 Å². The van der Waals surface area contributed by atoms with Gasteiger partial charge in [-0.25, -0.2) is 0 Å². The van der Waals surface area contributed by atoms with Gasteiger partial charge in [0.05, 0.1) is 5.41 Å². The maximum atomic E-state index is 12.3. The zero-order valence-corrected chi connectivity index (χ0v) is 10.5. The van der Waals surface area contributed by atoms with E-state index in [1.165, 1.54) is 5.57 Å². The van der Waals surface area contributed by atoms with Gasteiger partial charge in [0.25, 0.3) is 0 Å². The second-order valence-corrected chi connectivity index (χ2v) is 4.80. The lowest BCUT2D eigenvalue weighted by atomic mass is 9.75. The van der Waals surface area contributed by atoms with Crippen molar-refractivity contribution < 1.29 is 4.79 Å². The SMILES string of the molecule is CCN(CC)C(=O)C1(C)CCC=C(C)C1. The fraction of sp³-hybridized carbons (Fsp3) is 0.769. The van der Waals surface area contributed by atoms with Gasteiger partial charge in [-0.3, -0.25) is 4.79 Å². The van der Waals surface area contributed by atoms with E-state index in [4.69, 9.17) is 0 Å². The number of allylic oxidation sites excluding steroid dienone is 2. The number of rotatable bonds is 3. The molecule has 0 aliphatic heterocycles. The zero-order valence-electron chi connectivity index (χ0n) is 10.5. The lowest BCUT2D eigenvalue weighted by Crippen LogP contribution is -2.43. The van der Waals surface area contributed by atoms with E-state index in [1.807, 2.05) is 4.90 Å². The van der Waals surface area contributed by atoms with Crippen LogP contribution in [-0.2, 0) is 4.79 Å². The molecule has 0 aromatic rings. The molecule has 0 heterocycles. The van der Waals surface area contributed by atoms with Gasteiger partial charge in [0, 0.05) is 13.1 Å². The van der Waals surface area contributed by atoms with Crippen molar-refractivity contribution in [3.8, 4) is 0 Å². The summed E-state index contributed by atoms with van der Waals surface area (Å²) in [5.74, 6) is 0.333. The molecule has 0 saturated carbocycles. The first-order chi connectivity index (χ1) is 7.03. The molecule has 0 N–H and O–H groups in total. The highest BCUT2D eigenvalue weighted by molar-refractivity contribution is 5.82. The summed E-state index contributed by atoms with van der Waals surface area (Å²) in [5, 5.41) is 0. The van der Waals surface area contributed by atoms with E-state index >= 15 is 0 Å². The van der Waals surface area contributed by atoms with Crippen LogP contribution >= 0.6 is 0 Å². The standard InChI is InChI=1S/C13H23NO/c1-5-14(6-2)12(15)13(4)9-7-8-11(3)10-13/h8H,5-7,9-10H2,1-4H3. The van der Waals surface area contributed by atoms with Crippen LogP contribution in [0.4, 0.5) is 0 Å². The predicted molar refractivity (Wildman–Crippen MR) is 63.6 cm³/mol. The van der Waals surface area contributed by atoms with Crippen molar-refractivity contribution in [1.82, 2.24) is 4.90 Å². The number of nitrogens with zero attached hydrogens (tertiary/aromatic N) is 1. The first-order valence-electron chi connectivity index (χ1n) is 5.98. The van der Waals surface area contributed by atoms with Gasteiger partial charge in [-0.2, -0.15) is 0 Å². The minimum Gasteiger partial charge on any atom is -0.343 e. The van der Waals surface area contributed by atoms with Crippen LogP contribution in [0, 0.1) is 5.41 Å². The molecule has 0 aromatic carbocycles. The number of carbonyl (C=O) groups excluding carboxylic acids is 1. The van der Waals surface area contributed by atoms with E-state index in [1.54, 1.807) is 0 Å². The third-order valence-corrected chi connectivity index (χ3v) is 3.42. The lowest BCUT2D eigenvalue weighted by Gasteiger charge is -2.36. The number of hydrogen-bond donors (Lipinski definition) is 0. The minimum atomic E-state index is -0.148. The highest BCUT2D eigenvalue weighted by Crippen LogP contribution is 2.37. The molecule has 1 unspecified atom stereocenters. The first kappa shape index (κ1) is 12.3. The van der Waals surface area contributed by atoms with E-state index in [2.05, 4.69) is 33.8 Å². The normalized spacial score (nSPS) is 26.0. The molecule has 0 aromatic heterocycles. The average molecular weight is 209 g/mol. The Morgan fingerprint density at radius 3 is 2.53 bits per heavy atom. The maximum Gasteiger partial charge on any atom is 0.228 e. The van der Waals surface area contributed by atoms with Gasteiger partial charge in [0.15, 0.2) is 0 Å². The van der Waals surface area contributed by atoms with Gasteiger partial charge in [-0.15, -0.1) is 0 Å². The van der Waals surface area contributed by atoms with Crippen molar-refractivity contribution in [3.05, 3.63) is 11.6 Å². The molecule has 1 aliphatic carbocycles. The molecule has 0 spiro atoms. The van der Waals surface area contributed by atoms with Gasteiger partial charge in [0.1, 0.15) is 0 Å². The smallest absolute Gasteiger partial charge is 0.228 e. The Balaban J connectivity index is 2.77. The molecule has 0 bridgehead atoms. The van der Waals surface area contributed by atoms with Crippen molar-refractivity contribution in [1.29, 1.82) is 0 Å². The molecule has 1 rings (SSSR count). The molecule has 2 heteroatoms. The maximum absolute atomic E-state index is 12.3. The van der Waals surface area contributed by atoms with Gasteiger partial charge >= 0.3 is 0 Å². The number of hydrogen-bond acceptors (Lipinski definition) is 1. The van der Waals surface area contributed by atoms with Crippen molar-refractivity contribution in [2.75, 3.05) is 13.1 Å². The summed E-state index contributed by atoms with van der Waals surface area (Å²) >= 11 is 0. The quantitative estimate of drug-likeness (QED) is 0.654. The van der Waals surface area contributed by atoms with E-state index in [9.17, 15) is 4.79 Å². The molecular formula is C13H23NO. The van der Waals surface area contributed by atoms with Gasteiger partial charge in [-0.1, -0.05) is 18.6 Å². The Hall–Kier alpha value is -0.790. The molecule has 0 saturated heterocycles. The number of carbonyl (C=O) groups is 1. The molecule has 0 radical (unpaired) electrons. The first-order valence-corrected chi connectivity index (χ1v) is 5.98. The van der Waals surface area contributed by atoms with Gasteiger partial charge in [0.2, 0.25) is 5.91 Å². The molecule has 0 fully saturated rings. The van der Waals surface area contributed by atoms with Crippen LogP contribution in [0.1, 0.15) is 47.0 Å². The highest BCUT2D eigenvalue weighted by Gasteiger charge is 2.36. The zero-order chi connectivity index (χ0) is 11.5. The third kappa shape index (κ3) is 2.61. The van der Waals surface area contributed by atoms with Gasteiger partial charge in [-0.05, 0) is 40.0 Å². The number of amides is 1. The summed E-state index contributed by atoms with van der Waals surface area (Å²) in [6.07, 6.45) is 5.24. The molecule has 86 valence electrons. The molecule has 2 nitrogen and oxygen atoms in total. The van der Waals surface area contributed by atoms with E-state index in [-0.39, 0.29) is 5.41 Å². The summed E-state index contributed by atoms with van der Waals surface area (Å²) in [6.45, 7) is 10.0. The van der Waals surface area contributed by atoms with Crippen molar-refractivity contribution in [2.24, 2.45) is 5.41 Å². The minimum absolute atomic E-state index is 0.148.